The van der Waals surface area contributed by atoms with Crippen LogP contribution in [0.5, 0.6) is 0 Å². The van der Waals surface area contributed by atoms with Crippen molar-refractivity contribution in [3.63, 3.8) is 0 Å². The summed E-state index contributed by atoms with van der Waals surface area (Å²) in [4.78, 5) is 24.0. The minimum absolute atomic E-state index is 0.0222. The minimum Gasteiger partial charge on any atom is -0.428 e. The summed E-state index contributed by atoms with van der Waals surface area (Å²) in [5, 5.41) is 0. The summed E-state index contributed by atoms with van der Waals surface area (Å²) in [6.07, 6.45) is 8.52. The molecule has 4 heteroatoms. The van der Waals surface area contributed by atoms with Gasteiger partial charge in [0.05, 0.1) is 11.8 Å². The van der Waals surface area contributed by atoms with Crippen molar-refractivity contribution in [1.82, 2.24) is 0 Å². The molecule has 148 valence electrons. The molecule has 2 fully saturated rings. The van der Waals surface area contributed by atoms with Crippen LogP contribution in [-0.2, 0) is 19.1 Å². The first-order valence-corrected chi connectivity index (χ1v) is 10.4. The molecule has 4 atom stereocenters. The number of carbonyl (C=O) groups is 2. The highest BCUT2D eigenvalue weighted by atomic mass is 16.7. The molecule has 4 unspecified atom stereocenters. The van der Waals surface area contributed by atoms with Gasteiger partial charge < -0.3 is 9.47 Å². The normalized spacial score (nSPS) is 28.4. The van der Waals surface area contributed by atoms with E-state index in [0.29, 0.717) is 11.8 Å². The van der Waals surface area contributed by atoms with E-state index in [4.69, 9.17) is 9.47 Å². The van der Waals surface area contributed by atoms with E-state index in [9.17, 15) is 9.59 Å². The molecule has 0 saturated heterocycles. The van der Waals surface area contributed by atoms with Gasteiger partial charge >= 0.3 is 11.9 Å². The Bertz CT molecular complexity index is 333. The second-order valence-electron chi connectivity index (χ2n) is 6.78. The van der Waals surface area contributed by atoms with Gasteiger partial charge in [0.15, 0.2) is 0 Å². The fourth-order valence-corrected chi connectivity index (χ4v) is 3.69. The Balaban J connectivity index is 0.00000134. The molecule has 25 heavy (non-hydrogen) atoms. The first-order valence-electron chi connectivity index (χ1n) is 10.4. The lowest BCUT2D eigenvalue weighted by atomic mass is 9.80. The molecule has 0 aromatic heterocycles. The van der Waals surface area contributed by atoms with Crippen molar-refractivity contribution in [2.45, 2.75) is 92.9 Å². The van der Waals surface area contributed by atoms with Gasteiger partial charge in [-0.15, -0.1) is 0 Å². The molecular formula is C21H40O4. The quantitative estimate of drug-likeness (QED) is 0.476. The lowest BCUT2D eigenvalue weighted by molar-refractivity contribution is -0.176. The van der Waals surface area contributed by atoms with Crippen LogP contribution in [-0.4, -0.2) is 18.7 Å². The molecule has 2 rings (SSSR count). The zero-order chi connectivity index (χ0) is 19.2. The van der Waals surface area contributed by atoms with Gasteiger partial charge in [0.1, 0.15) is 0 Å². The monoisotopic (exact) mass is 356 g/mol. The van der Waals surface area contributed by atoms with Crippen molar-refractivity contribution in [1.29, 1.82) is 0 Å². The first kappa shape index (κ1) is 23.9. The fourth-order valence-electron chi connectivity index (χ4n) is 3.69. The predicted octanol–water partition coefficient (Wildman–Crippen LogP) is 5.74. The van der Waals surface area contributed by atoms with Crippen LogP contribution in [0.3, 0.4) is 0 Å². The predicted molar refractivity (Wildman–Crippen MR) is 102 cm³/mol. The van der Waals surface area contributed by atoms with Gasteiger partial charge in [0.25, 0.3) is 0 Å². The maximum Gasteiger partial charge on any atom is 0.312 e. The summed E-state index contributed by atoms with van der Waals surface area (Å²) in [5.41, 5.74) is 0. The third-order valence-electron chi connectivity index (χ3n) is 5.23. The number of rotatable bonds is 4. The van der Waals surface area contributed by atoms with E-state index in [-0.39, 0.29) is 30.6 Å². The lowest BCUT2D eigenvalue weighted by Crippen LogP contribution is -2.30. The zero-order valence-electron chi connectivity index (χ0n) is 17.3. The van der Waals surface area contributed by atoms with E-state index in [1.54, 1.807) is 0 Å². The molecule has 2 aliphatic rings. The smallest absolute Gasteiger partial charge is 0.312 e. The van der Waals surface area contributed by atoms with Crippen LogP contribution in [0.25, 0.3) is 0 Å². The Hall–Kier alpha value is -1.06. The molecule has 0 spiro atoms. The topological polar surface area (TPSA) is 52.6 Å². The van der Waals surface area contributed by atoms with E-state index in [2.05, 4.69) is 13.8 Å². The SMILES string of the molecule is CC.CC.CC1CCCCC1C(=O)OCOC(=O)C1CCCCC1C. The molecule has 0 aromatic rings. The van der Waals surface area contributed by atoms with E-state index in [1.165, 1.54) is 12.8 Å². The molecule has 0 amide bonds. The second-order valence-corrected chi connectivity index (χ2v) is 6.78. The summed E-state index contributed by atoms with van der Waals surface area (Å²) in [5.74, 6) is 0.302. The van der Waals surface area contributed by atoms with Crippen LogP contribution >= 0.6 is 0 Å². The largest absolute Gasteiger partial charge is 0.428 e. The average molecular weight is 357 g/mol. The maximum atomic E-state index is 12.0. The Labute approximate surface area is 155 Å². The summed E-state index contributed by atoms with van der Waals surface area (Å²) in [6, 6.07) is 0. The van der Waals surface area contributed by atoms with E-state index in [0.717, 1.165) is 38.5 Å². The molecule has 0 aromatic carbocycles. The molecule has 2 saturated carbocycles. The lowest BCUT2D eigenvalue weighted by Gasteiger charge is -2.28. The highest BCUT2D eigenvalue weighted by Crippen LogP contribution is 2.31. The van der Waals surface area contributed by atoms with E-state index < -0.39 is 0 Å². The van der Waals surface area contributed by atoms with Crippen LogP contribution in [0.15, 0.2) is 0 Å². The third-order valence-corrected chi connectivity index (χ3v) is 5.23. The highest BCUT2D eigenvalue weighted by Gasteiger charge is 2.31. The first-order chi connectivity index (χ1) is 12.1. The fraction of sp³-hybridized carbons (Fsp3) is 0.905. The maximum absolute atomic E-state index is 12.0. The van der Waals surface area contributed by atoms with Crippen LogP contribution in [0.1, 0.15) is 92.9 Å². The standard InChI is InChI=1S/C17H28O4.2C2H6/c1-12-7-3-5-9-14(12)16(18)20-11-21-17(19)15-10-6-4-8-13(15)2;2*1-2/h12-15H,3-11H2,1-2H3;2*1-2H3. The van der Waals surface area contributed by atoms with Gasteiger partial charge in [0.2, 0.25) is 6.79 Å². The summed E-state index contributed by atoms with van der Waals surface area (Å²) >= 11 is 0. The van der Waals surface area contributed by atoms with Gasteiger partial charge in [-0.25, -0.2) is 0 Å². The van der Waals surface area contributed by atoms with Gasteiger partial charge in [-0.05, 0) is 37.5 Å². The molecular weight excluding hydrogens is 316 g/mol. The van der Waals surface area contributed by atoms with Crippen LogP contribution in [0.2, 0.25) is 0 Å². The van der Waals surface area contributed by atoms with Crippen molar-refractivity contribution in [2.75, 3.05) is 6.79 Å². The highest BCUT2D eigenvalue weighted by molar-refractivity contribution is 5.74. The Morgan fingerprint density at radius 3 is 1.32 bits per heavy atom. The Morgan fingerprint density at radius 1 is 0.680 bits per heavy atom. The van der Waals surface area contributed by atoms with Crippen molar-refractivity contribution in [3.8, 4) is 0 Å². The van der Waals surface area contributed by atoms with Gasteiger partial charge in [-0.2, -0.15) is 0 Å². The average Bonchev–Trinajstić information content (AvgIpc) is 2.65. The summed E-state index contributed by atoms with van der Waals surface area (Å²) < 4.78 is 10.3. The van der Waals surface area contributed by atoms with Crippen molar-refractivity contribution in [2.24, 2.45) is 23.7 Å². The molecule has 2 aliphatic carbocycles. The molecule has 0 aliphatic heterocycles. The van der Waals surface area contributed by atoms with Gasteiger partial charge in [-0.1, -0.05) is 67.2 Å². The minimum atomic E-state index is -0.218. The number of esters is 2. The number of carbonyl (C=O) groups excluding carboxylic acids is 2. The Kier molecular flexibility index (Phi) is 13.5. The van der Waals surface area contributed by atoms with Crippen LogP contribution in [0.4, 0.5) is 0 Å². The molecule has 0 bridgehead atoms. The van der Waals surface area contributed by atoms with E-state index >= 15 is 0 Å². The molecule has 4 nitrogen and oxygen atoms in total. The number of hydrogen-bond donors (Lipinski definition) is 0. The number of ether oxygens (including phenoxy) is 2. The van der Waals surface area contributed by atoms with E-state index in [1.807, 2.05) is 27.7 Å². The van der Waals surface area contributed by atoms with Gasteiger partial charge in [-0.3, -0.25) is 9.59 Å². The summed E-state index contributed by atoms with van der Waals surface area (Å²) in [6.45, 7) is 12.0. The number of hydrogen-bond acceptors (Lipinski definition) is 4. The zero-order valence-corrected chi connectivity index (χ0v) is 17.3. The Morgan fingerprint density at radius 2 is 1.00 bits per heavy atom. The third kappa shape index (κ3) is 8.24. The van der Waals surface area contributed by atoms with Crippen molar-refractivity contribution in [3.05, 3.63) is 0 Å². The molecule has 0 N–H and O–H groups in total. The van der Waals surface area contributed by atoms with Crippen LogP contribution in [0, 0.1) is 23.7 Å². The van der Waals surface area contributed by atoms with Gasteiger partial charge in [0, 0.05) is 0 Å². The molecule has 0 heterocycles. The molecule has 0 radical (unpaired) electrons. The van der Waals surface area contributed by atoms with Crippen LogP contribution < -0.4 is 0 Å². The summed E-state index contributed by atoms with van der Waals surface area (Å²) in [7, 11) is 0. The van der Waals surface area contributed by atoms with Crippen molar-refractivity contribution >= 4 is 11.9 Å². The van der Waals surface area contributed by atoms with Crippen molar-refractivity contribution < 1.29 is 19.1 Å². The second kappa shape index (κ2) is 14.1.